The Bertz CT molecular complexity index is 459. The lowest BCUT2D eigenvalue weighted by Gasteiger charge is -2.17. The maximum atomic E-state index is 11.4. The van der Waals surface area contributed by atoms with E-state index >= 15 is 0 Å². The van der Waals surface area contributed by atoms with Gasteiger partial charge in [0.05, 0.1) is 20.1 Å². The summed E-state index contributed by atoms with van der Waals surface area (Å²) >= 11 is 0. The van der Waals surface area contributed by atoms with Crippen molar-refractivity contribution >= 4 is 5.97 Å². The van der Waals surface area contributed by atoms with Crippen LogP contribution in [0.4, 0.5) is 0 Å². The molecule has 2 rings (SSSR count). The molecule has 1 aromatic carbocycles. The van der Waals surface area contributed by atoms with Crippen molar-refractivity contribution in [3.05, 3.63) is 34.9 Å². The molecule has 1 aliphatic carbocycles. The van der Waals surface area contributed by atoms with Gasteiger partial charge in [0.15, 0.2) is 0 Å². The topological polar surface area (TPSA) is 58.6 Å². The van der Waals surface area contributed by atoms with Gasteiger partial charge >= 0.3 is 5.97 Å². The molecule has 1 aromatic rings. The van der Waals surface area contributed by atoms with E-state index in [0.29, 0.717) is 13.0 Å². The van der Waals surface area contributed by atoms with E-state index in [1.165, 1.54) is 36.6 Å². The smallest absolute Gasteiger partial charge is 0.307 e. The highest BCUT2D eigenvalue weighted by Gasteiger charge is 2.16. The van der Waals surface area contributed by atoms with Crippen molar-refractivity contribution in [2.24, 2.45) is 0 Å². The normalized spacial score (nSPS) is 14.9. The third-order valence-electron chi connectivity index (χ3n) is 3.83. The van der Waals surface area contributed by atoms with Crippen LogP contribution in [-0.4, -0.2) is 37.4 Å². The van der Waals surface area contributed by atoms with Crippen molar-refractivity contribution in [2.75, 3.05) is 20.3 Å². The predicted molar refractivity (Wildman–Crippen MR) is 77.7 cm³/mol. The molecule has 0 amide bonds. The Morgan fingerprint density at radius 3 is 2.95 bits per heavy atom. The Kier molecular flexibility index (Phi) is 5.56. The molecule has 0 saturated carbocycles. The van der Waals surface area contributed by atoms with E-state index in [4.69, 9.17) is 9.84 Å². The lowest BCUT2D eigenvalue weighted by molar-refractivity contribution is -0.141. The number of esters is 1. The lowest BCUT2D eigenvalue weighted by Crippen LogP contribution is -2.35. The molecule has 4 nitrogen and oxygen atoms in total. The molecule has 0 fully saturated rings. The number of aliphatic hydroxyl groups is 1. The minimum absolute atomic E-state index is 0.00838. The molecule has 20 heavy (non-hydrogen) atoms. The van der Waals surface area contributed by atoms with E-state index in [0.717, 1.165) is 12.8 Å². The van der Waals surface area contributed by atoms with E-state index in [-0.39, 0.29) is 18.6 Å². The van der Waals surface area contributed by atoms with Gasteiger partial charge in [-0.1, -0.05) is 18.2 Å². The van der Waals surface area contributed by atoms with Crippen LogP contribution in [0, 0.1) is 0 Å². The van der Waals surface area contributed by atoms with Crippen LogP contribution in [0.1, 0.15) is 29.5 Å². The van der Waals surface area contributed by atoms with Crippen molar-refractivity contribution in [1.29, 1.82) is 0 Å². The van der Waals surface area contributed by atoms with Gasteiger partial charge in [0.2, 0.25) is 0 Å². The van der Waals surface area contributed by atoms with Crippen LogP contribution < -0.4 is 5.32 Å². The van der Waals surface area contributed by atoms with Crippen molar-refractivity contribution < 1.29 is 14.6 Å². The second-order valence-electron chi connectivity index (χ2n) is 5.32. The highest BCUT2D eigenvalue weighted by molar-refractivity contribution is 5.70. The van der Waals surface area contributed by atoms with Gasteiger partial charge in [-0.15, -0.1) is 0 Å². The summed E-state index contributed by atoms with van der Waals surface area (Å²) in [6.45, 7) is 0.564. The number of nitrogens with one attached hydrogen (secondary N) is 1. The zero-order valence-corrected chi connectivity index (χ0v) is 12.0. The molecule has 0 radical (unpaired) electrons. The maximum Gasteiger partial charge on any atom is 0.307 e. The number of hydrogen-bond acceptors (Lipinski definition) is 4. The molecule has 0 aromatic heterocycles. The third-order valence-corrected chi connectivity index (χ3v) is 3.83. The number of rotatable bonds is 7. The summed E-state index contributed by atoms with van der Waals surface area (Å²) in [4.78, 5) is 11.4. The summed E-state index contributed by atoms with van der Waals surface area (Å²) < 4.78 is 4.73. The summed E-state index contributed by atoms with van der Waals surface area (Å²) in [5.74, 6) is -0.221. The second kappa shape index (κ2) is 7.41. The van der Waals surface area contributed by atoms with Crippen LogP contribution in [0.5, 0.6) is 0 Å². The minimum Gasteiger partial charge on any atom is -0.469 e. The van der Waals surface area contributed by atoms with E-state index < -0.39 is 0 Å². The molecule has 110 valence electrons. The molecular formula is C16H23NO3. The van der Waals surface area contributed by atoms with Gasteiger partial charge < -0.3 is 15.2 Å². The molecule has 4 heteroatoms. The summed E-state index contributed by atoms with van der Waals surface area (Å²) in [5, 5.41) is 12.1. The number of carbonyl (C=O) groups excluding carboxylic acids is 1. The quantitative estimate of drug-likeness (QED) is 0.736. The second-order valence-corrected chi connectivity index (χ2v) is 5.32. The van der Waals surface area contributed by atoms with Crippen molar-refractivity contribution in [3.8, 4) is 0 Å². The molecule has 0 spiro atoms. The number of hydrogen-bond donors (Lipinski definition) is 2. The first-order valence-corrected chi connectivity index (χ1v) is 7.24. The first kappa shape index (κ1) is 15.0. The molecule has 0 heterocycles. The fraction of sp³-hybridized carbons (Fsp3) is 0.562. The number of fused-ring (bicyclic) bond motifs is 1. The van der Waals surface area contributed by atoms with Gasteiger partial charge in [0.25, 0.3) is 0 Å². The molecule has 2 N–H and O–H groups in total. The summed E-state index contributed by atoms with van der Waals surface area (Å²) in [6.07, 6.45) is 4.70. The van der Waals surface area contributed by atoms with E-state index in [2.05, 4.69) is 23.5 Å². The first-order valence-electron chi connectivity index (χ1n) is 7.24. The van der Waals surface area contributed by atoms with Gasteiger partial charge in [-0.3, -0.25) is 4.79 Å². The monoisotopic (exact) mass is 277 g/mol. The molecule has 1 unspecified atom stereocenters. The Morgan fingerprint density at radius 2 is 2.20 bits per heavy atom. The maximum absolute atomic E-state index is 11.4. The molecule has 1 aliphatic rings. The van der Waals surface area contributed by atoms with Gasteiger partial charge in [-0.2, -0.15) is 0 Å². The highest BCUT2D eigenvalue weighted by atomic mass is 16.5. The number of carbonyl (C=O) groups is 1. The van der Waals surface area contributed by atoms with Crippen LogP contribution in [0.15, 0.2) is 18.2 Å². The van der Waals surface area contributed by atoms with Crippen LogP contribution >= 0.6 is 0 Å². The SMILES string of the molecule is COC(=O)CC(Cc1ccc2c(c1)CCC2)NCCO. The molecule has 0 saturated heterocycles. The van der Waals surface area contributed by atoms with Gasteiger partial charge in [-0.05, 0) is 42.4 Å². The Labute approximate surface area is 120 Å². The Hall–Kier alpha value is -1.39. The summed E-state index contributed by atoms with van der Waals surface area (Å²) in [7, 11) is 1.40. The third kappa shape index (κ3) is 4.05. The standard InChI is InChI=1S/C16H23NO3/c1-20-16(19)11-15(17-7-8-18)10-12-5-6-13-3-2-4-14(13)9-12/h5-6,9,15,17-18H,2-4,7-8,10-11H2,1H3. The highest BCUT2D eigenvalue weighted by Crippen LogP contribution is 2.23. The molecule has 1 atom stereocenters. The molecule has 0 aliphatic heterocycles. The fourth-order valence-corrected chi connectivity index (χ4v) is 2.81. The number of methoxy groups -OCH3 is 1. The molecule has 0 bridgehead atoms. The Morgan fingerprint density at radius 1 is 1.40 bits per heavy atom. The average Bonchev–Trinajstić information content (AvgIpc) is 2.92. The number of benzene rings is 1. The van der Waals surface area contributed by atoms with Crippen molar-refractivity contribution in [2.45, 2.75) is 38.1 Å². The zero-order chi connectivity index (χ0) is 14.4. The van der Waals surface area contributed by atoms with E-state index in [1.807, 2.05) is 0 Å². The minimum atomic E-state index is -0.221. The predicted octanol–water partition coefficient (Wildman–Crippen LogP) is 1.23. The van der Waals surface area contributed by atoms with Gasteiger partial charge in [0.1, 0.15) is 0 Å². The van der Waals surface area contributed by atoms with E-state index in [1.54, 1.807) is 0 Å². The number of aliphatic hydroxyl groups excluding tert-OH is 1. The van der Waals surface area contributed by atoms with Crippen molar-refractivity contribution in [1.82, 2.24) is 5.32 Å². The lowest BCUT2D eigenvalue weighted by atomic mass is 9.99. The van der Waals surface area contributed by atoms with Gasteiger partial charge in [-0.25, -0.2) is 0 Å². The van der Waals surface area contributed by atoms with Gasteiger partial charge in [0, 0.05) is 12.6 Å². The van der Waals surface area contributed by atoms with Crippen LogP contribution in [0.3, 0.4) is 0 Å². The van der Waals surface area contributed by atoms with Crippen molar-refractivity contribution in [3.63, 3.8) is 0 Å². The largest absolute Gasteiger partial charge is 0.469 e. The van der Waals surface area contributed by atoms with Crippen LogP contribution in [-0.2, 0) is 28.8 Å². The van der Waals surface area contributed by atoms with Crippen LogP contribution in [0.25, 0.3) is 0 Å². The zero-order valence-electron chi connectivity index (χ0n) is 12.0. The first-order chi connectivity index (χ1) is 9.72. The molecular weight excluding hydrogens is 254 g/mol. The number of ether oxygens (including phenoxy) is 1. The van der Waals surface area contributed by atoms with Crippen LogP contribution in [0.2, 0.25) is 0 Å². The fourth-order valence-electron chi connectivity index (χ4n) is 2.81. The average molecular weight is 277 g/mol. The summed E-state index contributed by atoms with van der Waals surface area (Å²) in [6, 6.07) is 6.62. The Balaban J connectivity index is 2.00. The van der Waals surface area contributed by atoms with E-state index in [9.17, 15) is 4.79 Å². The summed E-state index contributed by atoms with van der Waals surface area (Å²) in [5.41, 5.74) is 4.15. The number of aryl methyl sites for hydroxylation is 2.